The number of rotatable bonds is 4. The zero-order valence-corrected chi connectivity index (χ0v) is 12.2. The third-order valence-corrected chi connectivity index (χ3v) is 3.40. The summed E-state index contributed by atoms with van der Waals surface area (Å²) in [4.78, 5) is 8.59. The number of ether oxygens (including phenoxy) is 2. The summed E-state index contributed by atoms with van der Waals surface area (Å²) in [6.45, 7) is 1.14. The molecular weight excluding hydrogens is 290 g/mol. The third kappa shape index (κ3) is 3.11. The molecule has 0 aliphatic carbocycles. The number of hydrazine groups is 1. The van der Waals surface area contributed by atoms with Crippen LogP contribution >= 0.6 is 11.8 Å². The maximum Gasteiger partial charge on any atom is 0.191 e. The Balaban J connectivity index is 1.86. The molecule has 1 aromatic carbocycles. The molecule has 1 aliphatic heterocycles. The van der Waals surface area contributed by atoms with Gasteiger partial charge in [0.25, 0.3) is 0 Å². The van der Waals surface area contributed by atoms with E-state index in [1.165, 1.54) is 11.8 Å². The van der Waals surface area contributed by atoms with Crippen molar-refractivity contribution in [2.24, 2.45) is 5.84 Å². The number of anilines is 3. The van der Waals surface area contributed by atoms with E-state index in [0.29, 0.717) is 30.0 Å². The second-order valence-corrected chi connectivity index (χ2v) is 5.03. The van der Waals surface area contributed by atoms with Crippen molar-refractivity contribution in [1.29, 1.82) is 0 Å². The molecule has 7 nitrogen and oxygen atoms in total. The van der Waals surface area contributed by atoms with Gasteiger partial charge in [-0.3, -0.25) is 0 Å². The molecule has 110 valence electrons. The van der Waals surface area contributed by atoms with Crippen LogP contribution in [-0.2, 0) is 0 Å². The van der Waals surface area contributed by atoms with E-state index in [0.717, 1.165) is 17.2 Å². The average molecular weight is 305 g/mol. The molecule has 0 fully saturated rings. The van der Waals surface area contributed by atoms with E-state index in [4.69, 9.17) is 15.3 Å². The van der Waals surface area contributed by atoms with Gasteiger partial charge in [-0.05, 0) is 18.4 Å². The Bertz CT molecular complexity index is 630. The normalized spacial score (nSPS) is 12.9. The third-order valence-electron chi connectivity index (χ3n) is 2.85. The molecule has 21 heavy (non-hydrogen) atoms. The van der Waals surface area contributed by atoms with Crippen LogP contribution in [0.5, 0.6) is 11.5 Å². The lowest BCUT2D eigenvalue weighted by Gasteiger charge is -2.19. The molecule has 0 radical (unpaired) electrons. The Morgan fingerprint density at radius 3 is 2.62 bits per heavy atom. The zero-order chi connectivity index (χ0) is 14.7. The number of nitrogens with zero attached hydrogens (tertiary/aromatic N) is 2. The number of hydrogen-bond donors (Lipinski definition) is 3. The molecule has 0 spiro atoms. The van der Waals surface area contributed by atoms with Crippen LogP contribution in [0.1, 0.15) is 0 Å². The molecule has 2 heterocycles. The fourth-order valence-electron chi connectivity index (χ4n) is 1.92. The number of fused-ring (bicyclic) bond motifs is 1. The van der Waals surface area contributed by atoms with E-state index in [9.17, 15) is 0 Å². The maximum atomic E-state index is 5.56. The van der Waals surface area contributed by atoms with Crippen LogP contribution in [0.25, 0.3) is 0 Å². The monoisotopic (exact) mass is 305 g/mol. The Hall–Kier alpha value is -2.19. The zero-order valence-electron chi connectivity index (χ0n) is 11.4. The number of nitrogens with one attached hydrogen (secondary N) is 2. The smallest absolute Gasteiger partial charge is 0.191 e. The van der Waals surface area contributed by atoms with Crippen molar-refractivity contribution in [3.8, 4) is 11.5 Å². The quantitative estimate of drug-likeness (QED) is 0.342. The maximum absolute atomic E-state index is 5.56. The van der Waals surface area contributed by atoms with Gasteiger partial charge in [0.15, 0.2) is 16.7 Å². The number of nitrogen functional groups attached to an aromatic ring is 1. The van der Waals surface area contributed by atoms with Crippen LogP contribution in [0.2, 0.25) is 0 Å². The molecule has 0 bridgehead atoms. The average Bonchev–Trinajstić information content (AvgIpc) is 2.54. The van der Waals surface area contributed by atoms with E-state index in [1.54, 1.807) is 6.07 Å². The van der Waals surface area contributed by atoms with Crippen LogP contribution < -0.4 is 26.1 Å². The minimum Gasteiger partial charge on any atom is -0.486 e. The number of hydrogen-bond acceptors (Lipinski definition) is 8. The highest BCUT2D eigenvalue weighted by Crippen LogP contribution is 2.33. The molecule has 0 atom stereocenters. The van der Waals surface area contributed by atoms with Crippen molar-refractivity contribution in [3.63, 3.8) is 0 Å². The highest BCUT2D eigenvalue weighted by Gasteiger charge is 2.12. The van der Waals surface area contributed by atoms with Gasteiger partial charge in [0.05, 0.1) is 0 Å². The first-order chi connectivity index (χ1) is 10.3. The molecule has 2 aromatic rings. The molecule has 0 saturated heterocycles. The SMILES string of the molecule is CSc1nc(NN)cc(Nc2ccc3c(c2)OCCO3)n1. The van der Waals surface area contributed by atoms with Gasteiger partial charge in [0.1, 0.15) is 24.8 Å². The topological polar surface area (TPSA) is 94.3 Å². The minimum atomic E-state index is 0.550. The summed E-state index contributed by atoms with van der Waals surface area (Å²) in [5, 5.41) is 3.84. The highest BCUT2D eigenvalue weighted by molar-refractivity contribution is 7.98. The first-order valence-electron chi connectivity index (χ1n) is 6.35. The summed E-state index contributed by atoms with van der Waals surface area (Å²) in [6, 6.07) is 7.39. The summed E-state index contributed by atoms with van der Waals surface area (Å²) in [7, 11) is 0. The van der Waals surface area contributed by atoms with Crippen LogP contribution in [0, 0.1) is 0 Å². The van der Waals surface area contributed by atoms with E-state index in [1.807, 2.05) is 24.5 Å². The van der Waals surface area contributed by atoms with Gasteiger partial charge in [0.2, 0.25) is 0 Å². The van der Waals surface area contributed by atoms with Gasteiger partial charge in [-0.15, -0.1) is 0 Å². The molecule has 3 rings (SSSR count). The highest BCUT2D eigenvalue weighted by atomic mass is 32.2. The number of aromatic nitrogens is 2. The number of nitrogens with two attached hydrogens (primary N) is 1. The predicted molar refractivity (Wildman–Crippen MR) is 82.3 cm³/mol. The van der Waals surface area contributed by atoms with Crippen molar-refractivity contribution in [2.75, 3.05) is 30.2 Å². The molecule has 0 unspecified atom stereocenters. The standard InChI is InChI=1S/C13H15N5O2S/c1-21-13-16-11(7-12(17-13)18-14)15-8-2-3-9-10(6-8)20-5-4-19-9/h2-3,6-7H,4-5,14H2,1H3,(H2,15,16,17,18). The van der Waals surface area contributed by atoms with Crippen molar-refractivity contribution in [3.05, 3.63) is 24.3 Å². The molecule has 8 heteroatoms. The van der Waals surface area contributed by atoms with Crippen LogP contribution in [0.4, 0.5) is 17.3 Å². The van der Waals surface area contributed by atoms with Crippen molar-refractivity contribution in [1.82, 2.24) is 9.97 Å². The fourth-order valence-corrected chi connectivity index (χ4v) is 2.30. The van der Waals surface area contributed by atoms with Crippen molar-refractivity contribution < 1.29 is 9.47 Å². The van der Waals surface area contributed by atoms with Gasteiger partial charge in [0, 0.05) is 17.8 Å². The summed E-state index contributed by atoms with van der Waals surface area (Å²) in [5.41, 5.74) is 3.38. The number of thioether (sulfide) groups is 1. The van der Waals surface area contributed by atoms with Crippen molar-refractivity contribution in [2.45, 2.75) is 5.16 Å². The van der Waals surface area contributed by atoms with Gasteiger partial charge in [-0.2, -0.15) is 0 Å². The van der Waals surface area contributed by atoms with E-state index in [-0.39, 0.29) is 0 Å². The van der Waals surface area contributed by atoms with E-state index < -0.39 is 0 Å². The molecule has 1 aromatic heterocycles. The van der Waals surface area contributed by atoms with Gasteiger partial charge < -0.3 is 20.2 Å². The largest absolute Gasteiger partial charge is 0.486 e. The fraction of sp³-hybridized carbons (Fsp3) is 0.231. The van der Waals surface area contributed by atoms with Crippen LogP contribution in [0.3, 0.4) is 0 Å². The molecular formula is C13H15N5O2S. The Kier molecular flexibility index (Phi) is 3.98. The van der Waals surface area contributed by atoms with Crippen molar-refractivity contribution >= 4 is 29.1 Å². The molecule has 0 amide bonds. The van der Waals surface area contributed by atoms with Gasteiger partial charge in [-0.1, -0.05) is 11.8 Å². The van der Waals surface area contributed by atoms with Crippen LogP contribution in [0.15, 0.2) is 29.4 Å². The lowest BCUT2D eigenvalue weighted by atomic mass is 10.2. The molecule has 0 saturated carbocycles. The summed E-state index contributed by atoms with van der Waals surface area (Å²) in [5.74, 6) is 8.09. The Morgan fingerprint density at radius 1 is 1.10 bits per heavy atom. The minimum absolute atomic E-state index is 0.550. The second kappa shape index (κ2) is 6.06. The van der Waals surface area contributed by atoms with Gasteiger partial charge >= 0.3 is 0 Å². The lowest BCUT2D eigenvalue weighted by Crippen LogP contribution is -2.15. The summed E-state index contributed by atoms with van der Waals surface area (Å²) in [6.07, 6.45) is 1.91. The van der Waals surface area contributed by atoms with E-state index in [2.05, 4.69) is 20.7 Å². The van der Waals surface area contributed by atoms with Crippen LogP contribution in [-0.4, -0.2) is 29.4 Å². The van der Waals surface area contributed by atoms with Gasteiger partial charge in [-0.25, -0.2) is 15.8 Å². The number of benzene rings is 1. The Labute approximate surface area is 126 Å². The summed E-state index contributed by atoms with van der Waals surface area (Å²) >= 11 is 1.44. The summed E-state index contributed by atoms with van der Waals surface area (Å²) < 4.78 is 11.1. The second-order valence-electron chi connectivity index (χ2n) is 4.25. The molecule has 1 aliphatic rings. The lowest BCUT2D eigenvalue weighted by molar-refractivity contribution is 0.171. The Morgan fingerprint density at radius 2 is 1.86 bits per heavy atom. The predicted octanol–water partition coefficient (Wildman–Crippen LogP) is 2.00. The first-order valence-corrected chi connectivity index (χ1v) is 7.57. The van der Waals surface area contributed by atoms with E-state index >= 15 is 0 Å². The first kappa shape index (κ1) is 13.8. The molecule has 4 N–H and O–H groups in total.